The Labute approximate surface area is 132 Å². The second kappa shape index (κ2) is 6.10. The second-order valence-electron chi connectivity index (χ2n) is 5.43. The molecule has 0 bridgehead atoms. The predicted octanol–water partition coefficient (Wildman–Crippen LogP) is 3.15. The van der Waals surface area contributed by atoms with Crippen molar-refractivity contribution >= 4 is 17.5 Å². The summed E-state index contributed by atoms with van der Waals surface area (Å²) in [5.41, 5.74) is 1.62. The smallest absolute Gasteiger partial charge is 0.253 e. The van der Waals surface area contributed by atoms with Crippen molar-refractivity contribution < 1.29 is 14.3 Å². The Morgan fingerprint density at radius 2 is 2.23 bits per heavy atom. The molecule has 2 aromatic rings. The number of aromatic amines is 1. The summed E-state index contributed by atoms with van der Waals surface area (Å²) in [6.45, 7) is -0.411. The summed E-state index contributed by atoms with van der Waals surface area (Å²) in [7, 11) is 0. The van der Waals surface area contributed by atoms with Crippen molar-refractivity contribution in [3.05, 3.63) is 58.1 Å². The van der Waals surface area contributed by atoms with Gasteiger partial charge in [-0.1, -0.05) is 23.7 Å². The average Bonchev–Trinajstić information content (AvgIpc) is 3.24. The highest BCUT2D eigenvalue weighted by atomic mass is 35.5. The molecular weight excluding hydrogens is 307 g/mol. The van der Waals surface area contributed by atoms with Gasteiger partial charge in [-0.15, -0.1) is 0 Å². The minimum absolute atomic E-state index is 0.0366. The summed E-state index contributed by atoms with van der Waals surface area (Å²) in [5.74, 6) is -0.562. The maximum atomic E-state index is 14.0. The fraction of sp³-hybridized carbons (Fsp3) is 0.312. The molecule has 1 aromatic heterocycles. The van der Waals surface area contributed by atoms with E-state index in [0.29, 0.717) is 11.5 Å². The standard InChI is InChI=1S/C16H16ClFN2O2/c17-12-3-1-2-10(14(12)18)13(8-21)20-16(22)11-6-7-19-15(11)9-4-5-9/h1-3,6-7,9,13,19,21H,4-5,8H2,(H,20,22). The van der Waals surface area contributed by atoms with Crippen molar-refractivity contribution in [2.75, 3.05) is 6.61 Å². The maximum absolute atomic E-state index is 14.0. The summed E-state index contributed by atoms with van der Waals surface area (Å²) in [4.78, 5) is 15.5. The van der Waals surface area contributed by atoms with E-state index in [4.69, 9.17) is 11.6 Å². The van der Waals surface area contributed by atoms with Crippen molar-refractivity contribution in [1.29, 1.82) is 0 Å². The number of H-pyrrole nitrogens is 1. The number of carbonyl (C=O) groups is 1. The molecule has 3 rings (SSSR count). The molecule has 22 heavy (non-hydrogen) atoms. The van der Waals surface area contributed by atoms with Crippen molar-refractivity contribution in [1.82, 2.24) is 10.3 Å². The predicted molar refractivity (Wildman–Crippen MR) is 81.5 cm³/mol. The Bertz CT molecular complexity index is 697. The van der Waals surface area contributed by atoms with E-state index < -0.39 is 18.5 Å². The van der Waals surface area contributed by atoms with Crippen LogP contribution in [0.4, 0.5) is 4.39 Å². The molecule has 1 aliphatic rings. The van der Waals surface area contributed by atoms with E-state index in [2.05, 4.69) is 10.3 Å². The lowest BCUT2D eigenvalue weighted by Gasteiger charge is -2.18. The number of benzene rings is 1. The van der Waals surface area contributed by atoms with Crippen LogP contribution in [-0.4, -0.2) is 22.6 Å². The van der Waals surface area contributed by atoms with Crippen molar-refractivity contribution in [3.8, 4) is 0 Å². The van der Waals surface area contributed by atoms with Gasteiger partial charge in [0.05, 0.1) is 23.2 Å². The third-order valence-corrected chi connectivity index (χ3v) is 4.15. The van der Waals surface area contributed by atoms with Crippen LogP contribution in [0.25, 0.3) is 0 Å². The molecule has 1 atom stereocenters. The third-order valence-electron chi connectivity index (χ3n) is 3.85. The van der Waals surface area contributed by atoms with Crippen LogP contribution in [0.5, 0.6) is 0 Å². The van der Waals surface area contributed by atoms with Crippen LogP contribution in [0.2, 0.25) is 5.02 Å². The van der Waals surface area contributed by atoms with E-state index in [1.807, 2.05) is 0 Å². The normalized spacial score (nSPS) is 15.6. The second-order valence-corrected chi connectivity index (χ2v) is 5.84. The highest BCUT2D eigenvalue weighted by Crippen LogP contribution is 2.40. The summed E-state index contributed by atoms with van der Waals surface area (Å²) in [5, 5.41) is 12.1. The third kappa shape index (κ3) is 2.87. The van der Waals surface area contributed by atoms with Gasteiger partial charge in [0.2, 0.25) is 0 Å². The lowest BCUT2D eigenvalue weighted by Crippen LogP contribution is -2.31. The molecule has 1 heterocycles. The number of aliphatic hydroxyl groups excluding tert-OH is 1. The van der Waals surface area contributed by atoms with E-state index in [0.717, 1.165) is 18.5 Å². The van der Waals surface area contributed by atoms with Gasteiger partial charge >= 0.3 is 0 Å². The molecule has 6 heteroatoms. The summed E-state index contributed by atoms with van der Waals surface area (Å²) in [6.07, 6.45) is 3.84. The molecule has 4 nitrogen and oxygen atoms in total. The van der Waals surface area contributed by atoms with Crippen LogP contribution in [0.3, 0.4) is 0 Å². The molecule has 1 aliphatic carbocycles. The Balaban J connectivity index is 1.81. The van der Waals surface area contributed by atoms with Gasteiger partial charge in [-0.3, -0.25) is 4.79 Å². The van der Waals surface area contributed by atoms with E-state index in [1.54, 1.807) is 18.3 Å². The molecule has 1 fully saturated rings. The first-order valence-corrected chi connectivity index (χ1v) is 7.52. The number of nitrogens with one attached hydrogen (secondary N) is 2. The van der Waals surface area contributed by atoms with Gasteiger partial charge in [0.15, 0.2) is 0 Å². The molecule has 1 saturated carbocycles. The Morgan fingerprint density at radius 1 is 1.45 bits per heavy atom. The molecular formula is C16H16ClFN2O2. The lowest BCUT2D eigenvalue weighted by atomic mass is 10.1. The number of aliphatic hydroxyl groups is 1. The van der Waals surface area contributed by atoms with E-state index in [9.17, 15) is 14.3 Å². The van der Waals surface area contributed by atoms with Gasteiger partial charge in [-0.05, 0) is 30.9 Å². The zero-order valence-corrected chi connectivity index (χ0v) is 12.5. The van der Waals surface area contributed by atoms with Gasteiger partial charge in [-0.25, -0.2) is 4.39 Å². The van der Waals surface area contributed by atoms with E-state index in [-0.39, 0.29) is 16.5 Å². The van der Waals surface area contributed by atoms with Crippen LogP contribution < -0.4 is 5.32 Å². The largest absolute Gasteiger partial charge is 0.394 e. The summed E-state index contributed by atoms with van der Waals surface area (Å²) < 4.78 is 14.0. The van der Waals surface area contributed by atoms with E-state index in [1.165, 1.54) is 12.1 Å². The number of aromatic nitrogens is 1. The van der Waals surface area contributed by atoms with Crippen LogP contribution in [0, 0.1) is 5.82 Å². The van der Waals surface area contributed by atoms with Crippen molar-refractivity contribution in [2.45, 2.75) is 24.8 Å². The first-order valence-electron chi connectivity index (χ1n) is 7.14. The molecule has 1 amide bonds. The Morgan fingerprint density at radius 3 is 2.91 bits per heavy atom. The fourth-order valence-corrected chi connectivity index (χ4v) is 2.72. The van der Waals surface area contributed by atoms with Gasteiger partial charge in [-0.2, -0.15) is 0 Å². The average molecular weight is 323 g/mol. The number of rotatable bonds is 5. The van der Waals surface area contributed by atoms with Crippen molar-refractivity contribution in [2.24, 2.45) is 0 Å². The molecule has 0 aliphatic heterocycles. The monoisotopic (exact) mass is 322 g/mol. The lowest BCUT2D eigenvalue weighted by molar-refractivity contribution is 0.0914. The van der Waals surface area contributed by atoms with E-state index >= 15 is 0 Å². The van der Waals surface area contributed by atoms with Gasteiger partial charge in [0.1, 0.15) is 5.82 Å². The quantitative estimate of drug-likeness (QED) is 0.791. The zero-order chi connectivity index (χ0) is 15.7. The number of hydrogen-bond acceptors (Lipinski definition) is 2. The number of amides is 1. The van der Waals surface area contributed by atoms with Gasteiger partial charge in [0.25, 0.3) is 5.91 Å². The molecule has 1 aromatic carbocycles. The Hall–Kier alpha value is -1.85. The van der Waals surface area contributed by atoms with Crippen LogP contribution in [-0.2, 0) is 0 Å². The molecule has 0 radical (unpaired) electrons. The minimum atomic E-state index is -0.840. The summed E-state index contributed by atoms with van der Waals surface area (Å²) in [6, 6.07) is 5.37. The van der Waals surface area contributed by atoms with Crippen LogP contribution in [0.1, 0.15) is 46.4 Å². The van der Waals surface area contributed by atoms with Gasteiger partial charge in [0, 0.05) is 17.5 Å². The molecule has 3 N–H and O–H groups in total. The first kappa shape index (κ1) is 15.1. The summed E-state index contributed by atoms with van der Waals surface area (Å²) >= 11 is 5.75. The fourth-order valence-electron chi connectivity index (χ4n) is 2.54. The highest BCUT2D eigenvalue weighted by molar-refractivity contribution is 6.30. The minimum Gasteiger partial charge on any atom is -0.394 e. The van der Waals surface area contributed by atoms with Crippen LogP contribution in [0.15, 0.2) is 30.5 Å². The molecule has 0 saturated heterocycles. The Kier molecular flexibility index (Phi) is 4.18. The number of carbonyl (C=O) groups excluding carboxylic acids is 1. The molecule has 116 valence electrons. The zero-order valence-electron chi connectivity index (χ0n) is 11.8. The van der Waals surface area contributed by atoms with Crippen molar-refractivity contribution in [3.63, 3.8) is 0 Å². The molecule has 1 unspecified atom stereocenters. The van der Waals surface area contributed by atoms with Crippen LogP contribution >= 0.6 is 11.6 Å². The topological polar surface area (TPSA) is 65.1 Å². The number of halogens is 2. The number of hydrogen-bond donors (Lipinski definition) is 3. The molecule has 0 spiro atoms. The highest BCUT2D eigenvalue weighted by Gasteiger charge is 2.30. The SMILES string of the molecule is O=C(NC(CO)c1cccc(Cl)c1F)c1cc[nH]c1C1CC1. The first-order chi connectivity index (χ1) is 10.6. The van der Waals surface area contributed by atoms with Gasteiger partial charge < -0.3 is 15.4 Å². The maximum Gasteiger partial charge on any atom is 0.253 e.